The molecule has 0 radical (unpaired) electrons. The van der Waals surface area contributed by atoms with Crippen molar-refractivity contribution in [2.45, 2.75) is 18.7 Å². The number of rotatable bonds is 10. The summed E-state index contributed by atoms with van der Waals surface area (Å²) in [5.74, 6) is 1.34. The molecule has 2 aromatic carbocycles. The van der Waals surface area contributed by atoms with E-state index in [1.54, 1.807) is 30.9 Å². The molecule has 8 heteroatoms. The molecule has 0 saturated carbocycles. The van der Waals surface area contributed by atoms with Crippen molar-refractivity contribution in [2.24, 2.45) is 0 Å². The Bertz CT molecular complexity index is 993. The zero-order valence-electron chi connectivity index (χ0n) is 18.7. The summed E-state index contributed by atoms with van der Waals surface area (Å²) in [7, 11) is 3.26. The van der Waals surface area contributed by atoms with Crippen molar-refractivity contribution in [3.63, 3.8) is 0 Å². The topological polar surface area (TPSA) is 54.9 Å². The minimum absolute atomic E-state index is 0.0471. The van der Waals surface area contributed by atoms with Gasteiger partial charge in [-0.05, 0) is 43.6 Å². The number of hydrogen-bond donors (Lipinski definition) is 0. The molecule has 3 aromatic rings. The number of methoxy groups -OCH3 is 2. The van der Waals surface area contributed by atoms with Gasteiger partial charge in [0.1, 0.15) is 21.7 Å². The number of carbonyl (C=O) groups is 1. The fourth-order valence-electron chi connectivity index (χ4n) is 3.42. The van der Waals surface area contributed by atoms with Crippen LogP contribution in [0.3, 0.4) is 0 Å². The molecule has 0 atom stereocenters. The Morgan fingerprint density at radius 2 is 1.71 bits per heavy atom. The van der Waals surface area contributed by atoms with E-state index >= 15 is 0 Å². The van der Waals surface area contributed by atoms with Crippen LogP contribution in [0.2, 0.25) is 0 Å². The lowest BCUT2D eigenvalue weighted by atomic mass is 10.2. The largest absolute Gasteiger partial charge is 0.495 e. The summed E-state index contributed by atoms with van der Waals surface area (Å²) in [5.41, 5.74) is 1.40. The first kappa shape index (κ1) is 23.4. The van der Waals surface area contributed by atoms with E-state index in [-0.39, 0.29) is 5.91 Å². The van der Waals surface area contributed by atoms with Gasteiger partial charge in [-0.2, -0.15) is 0 Å². The summed E-state index contributed by atoms with van der Waals surface area (Å²) in [6.45, 7) is 7.44. The predicted molar refractivity (Wildman–Crippen MR) is 130 cm³/mol. The molecular weight excluding hydrogens is 430 g/mol. The Hall–Kier alpha value is -2.29. The second-order valence-electron chi connectivity index (χ2n) is 6.83. The molecule has 1 heterocycles. The monoisotopic (exact) mass is 459 g/mol. The highest BCUT2D eigenvalue weighted by Gasteiger charge is 2.25. The first-order valence-electron chi connectivity index (χ1n) is 10.3. The van der Waals surface area contributed by atoms with Gasteiger partial charge in [0.2, 0.25) is 0 Å². The molecule has 0 aliphatic heterocycles. The summed E-state index contributed by atoms with van der Waals surface area (Å²) < 4.78 is 11.9. The quantitative estimate of drug-likeness (QED) is 0.397. The smallest absolute Gasteiger partial charge is 0.261 e. The maximum atomic E-state index is 13.7. The predicted octanol–water partition coefficient (Wildman–Crippen LogP) is 5.02. The molecule has 0 fully saturated rings. The van der Waals surface area contributed by atoms with Gasteiger partial charge in [0.25, 0.3) is 5.91 Å². The molecule has 0 aliphatic carbocycles. The van der Waals surface area contributed by atoms with Gasteiger partial charge in [-0.25, -0.2) is 4.98 Å². The zero-order valence-corrected chi connectivity index (χ0v) is 20.3. The van der Waals surface area contributed by atoms with Crippen LogP contribution in [-0.2, 0) is 0 Å². The van der Waals surface area contributed by atoms with Crippen LogP contribution in [0, 0.1) is 0 Å². The van der Waals surface area contributed by atoms with Crippen molar-refractivity contribution in [3.05, 3.63) is 42.0 Å². The number of nitrogens with zero attached hydrogens (tertiary/aromatic N) is 3. The van der Waals surface area contributed by atoms with E-state index in [0.29, 0.717) is 28.5 Å². The summed E-state index contributed by atoms with van der Waals surface area (Å²) >= 11 is 3.03. The Balaban J connectivity index is 2.08. The van der Waals surface area contributed by atoms with Crippen LogP contribution in [0.15, 0.2) is 41.3 Å². The van der Waals surface area contributed by atoms with Crippen molar-refractivity contribution in [1.82, 2.24) is 9.88 Å². The second kappa shape index (κ2) is 10.8. The number of ether oxygens (including phenoxy) is 2. The normalized spacial score (nSPS) is 11.2. The fourth-order valence-corrected chi connectivity index (χ4v) is 5.11. The molecule has 0 spiro atoms. The van der Waals surface area contributed by atoms with Gasteiger partial charge in [-0.3, -0.25) is 9.69 Å². The Kier molecular flexibility index (Phi) is 8.17. The van der Waals surface area contributed by atoms with Crippen LogP contribution in [0.4, 0.5) is 5.13 Å². The number of fused-ring (bicyclic) bond motifs is 1. The third-order valence-electron chi connectivity index (χ3n) is 5.25. The Morgan fingerprint density at radius 3 is 2.35 bits per heavy atom. The van der Waals surface area contributed by atoms with Gasteiger partial charge in [-0.1, -0.05) is 37.3 Å². The van der Waals surface area contributed by atoms with Gasteiger partial charge in [0, 0.05) is 18.0 Å². The van der Waals surface area contributed by atoms with E-state index in [4.69, 9.17) is 14.5 Å². The van der Waals surface area contributed by atoms with Crippen molar-refractivity contribution in [3.8, 4) is 11.5 Å². The number of thiazole rings is 1. The fraction of sp³-hybridized carbons (Fsp3) is 0.391. The number of aromatic nitrogens is 1. The van der Waals surface area contributed by atoms with Gasteiger partial charge >= 0.3 is 0 Å². The van der Waals surface area contributed by atoms with E-state index in [9.17, 15) is 4.79 Å². The third-order valence-corrected chi connectivity index (χ3v) is 7.14. The standard InChI is InChI=1S/C23H29N3O3S2/c1-6-25(7-2)14-15-26(22(27)16-10-8-9-11-19(16)30-5)23-24-20-17(28-3)12-13-18(29-4)21(20)31-23/h8-13H,6-7,14-15H2,1-5H3. The molecule has 0 bridgehead atoms. The first-order valence-corrected chi connectivity index (χ1v) is 12.3. The number of anilines is 1. The summed E-state index contributed by atoms with van der Waals surface area (Å²) in [4.78, 5) is 23.6. The van der Waals surface area contributed by atoms with E-state index in [1.165, 1.54) is 11.3 Å². The number of benzene rings is 2. The maximum Gasteiger partial charge on any atom is 0.261 e. The van der Waals surface area contributed by atoms with Crippen LogP contribution >= 0.6 is 23.1 Å². The van der Waals surface area contributed by atoms with Gasteiger partial charge < -0.3 is 14.4 Å². The van der Waals surface area contributed by atoms with Crippen LogP contribution in [-0.4, -0.2) is 62.4 Å². The van der Waals surface area contributed by atoms with Crippen molar-refractivity contribution in [1.29, 1.82) is 0 Å². The molecule has 0 aliphatic rings. The van der Waals surface area contributed by atoms with E-state index in [2.05, 4.69) is 18.7 Å². The van der Waals surface area contributed by atoms with Crippen LogP contribution < -0.4 is 14.4 Å². The molecule has 0 saturated heterocycles. The molecule has 31 heavy (non-hydrogen) atoms. The molecular formula is C23H29N3O3S2. The second-order valence-corrected chi connectivity index (χ2v) is 8.65. The first-order chi connectivity index (χ1) is 15.1. The molecule has 6 nitrogen and oxygen atoms in total. The number of carbonyl (C=O) groups excluding carboxylic acids is 1. The Morgan fingerprint density at radius 1 is 1.03 bits per heavy atom. The average molecular weight is 460 g/mol. The van der Waals surface area contributed by atoms with Gasteiger partial charge in [0.05, 0.1) is 19.8 Å². The molecule has 3 rings (SSSR count). The summed E-state index contributed by atoms with van der Waals surface area (Å²) in [5, 5.41) is 0.644. The van der Waals surface area contributed by atoms with Gasteiger partial charge in [-0.15, -0.1) is 11.8 Å². The van der Waals surface area contributed by atoms with Crippen LogP contribution in [0.25, 0.3) is 10.2 Å². The average Bonchev–Trinajstić information content (AvgIpc) is 3.26. The molecule has 1 aromatic heterocycles. The molecule has 1 amide bonds. The number of hydrogen-bond acceptors (Lipinski definition) is 7. The van der Waals surface area contributed by atoms with Crippen molar-refractivity contribution in [2.75, 3.05) is 51.6 Å². The zero-order chi connectivity index (χ0) is 22.4. The van der Waals surface area contributed by atoms with Crippen LogP contribution in [0.1, 0.15) is 24.2 Å². The summed E-state index contributed by atoms with van der Waals surface area (Å²) in [6.07, 6.45) is 1.99. The third kappa shape index (κ3) is 4.97. The maximum absolute atomic E-state index is 13.7. The number of likely N-dealkylation sites (N-methyl/N-ethyl adjacent to an activating group) is 1. The SMILES string of the molecule is CCN(CC)CCN(C(=O)c1ccccc1SC)c1nc2c(OC)ccc(OC)c2s1. The number of thioether (sulfide) groups is 1. The minimum atomic E-state index is -0.0471. The van der Waals surface area contributed by atoms with Crippen molar-refractivity contribution >= 4 is 44.4 Å². The summed E-state index contributed by atoms with van der Waals surface area (Å²) in [6, 6.07) is 11.4. The lowest BCUT2D eigenvalue weighted by Crippen LogP contribution is -2.39. The lowest BCUT2D eigenvalue weighted by molar-refractivity contribution is 0.0981. The molecule has 0 unspecified atom stereocenters. The Labute approximate surface area is 192 Å². The highest BCUT2D eigenvalue weighted by molar-refractivity contribution is 7.98. The van der Waals surface area contributed by atoms with E-state index in [0.717, 1.165) is 35.0 Å². The van der Waals surface area contributed by atoms with Crippen LogP contribution in [0.5, 0.6) is 11.5 Å². The molecule has 166 valence electrons. The number of amides is 1. The highest BCUT2D eigenvalue weighted by Crippen LogP contribution is 2.40. The van der Waals surface area contributed by atoms with E-state index in [1.807, 2.05) is 42.7 Å². The van der Waals surface area contributed by atoms with Crippen molar-refractivity contribution < 1.29 is 14.3 Å². The highest BCUT2D eigenvalue weighted by atomic mass is 32.2. The van der Waals surface area contributed by atoms with E-state index < -0.39 is 0 Å². The minimum Gasteiger partial charge on any atom is -0.495 e. The van der Waals surface area contributed by atoms with Gasteiger partial charge in [0.15, 0.2) is 5.13 Å². The lowest BCUT2D eigenvalue weighted by Gasteiger charge is -2.25. The molecule has 0 N–H and O–H groups in total.